The van der Waals surface area contributed by atoms with Crippen molar-refractivity contribution in [2.45, 2.75) is 57.6 Å². The number of hydrogen-bond donors (Lipinski definition) is 0. The Morgan fingerprint density at radius 1 is 1.06 bits per heavy atom. The lowest BCUT2D eigenvalue weighted by atomic mass is 9.95. The minimum Gasteiger partial charge on any atom is -0.376 e. The molecule has 7 heteroatoms. The van der Waals surface area contributed by atoms with Crippen molar-refractivity contribution < 1.29 is 18.7 Å². The Balaban J connectivity index is 1.31. The van der Waals surface area contributed by atoms with Gasteiger partial charge in [0.15, 0.2) is 0 Å². The SMILES string of the molecule is O=C1CCCCN1CC(=O)N(CC1CCN(Cc2ccccc2F)CC1)C[C@H]1CCCO1. The monoisotopic (exact) mass is 445 g/mol. The van der Waals surface area contributed by atoms with Crippen LogP contribution < -0.4 is 0 Å². The average molecular weight is 446 g/mol. The number of rotatable bonds is 8. The zero-order valence-corrected chi connectivity index (χ0v) is 19.0. The summed E-state index contributed by atoms with van der Waals surface area (Å²) in [6, 6.07) is 6.98. The summed E-state index contributed by atoms with van der Waals surface area (Å²) in [7, 11) is 0. The molecular formula is C25H36FN3O3. The van der Waals surface area contributed by atoms with Gasteiger partial charge in [-0.05, 0) is 63.6 Å². The maximum absolute atomic E-state index is 14.0. The number of piperidine rings is 2. The predicted octanol–water partition coefficient (Wildman–Crippen LogP) is 3.06. The van der Waals surface area contributed by atoms with E-state index < -0.39 is 0 Å². The number of likely N-dealkylation sites (tertiary alicyclic amines) is 2. The predicted molar refractivity (Wildman–Crippen MR) is 120 cm³/mol. The van der Waals surface area contributed by atoms with Crippen molar-refractivity contribution >= 4 is 11.8 Å². The molecule has 4 rings (SSSR count). The van der Waals surface area contributed by atoms with Gasteiger partial charge in [-0.15, -0.1) is 0 Å². The molecule has 0 saturated carbocycles. The highest BCUT2D eigenvalue weighted by Crippen LogP contribution is 2.23. The van der Waals surface area contributed by atoms with Crippen molar-refractivity contribution in [3.8, 4) is 0 Å². The van der Waals surface area contributed by atoms with Gasteiger partial charge in [-0.25, -0.2) is 4.39 Å². The van der Waals surface area contributed by atoms with Crippen molar-refractivity contribution in [3.05, 3.63) is 35.6 Å². The summed E-state index contributed by atoms with van der Waals surface area (Å²) < 4.78 is 19.8. The molecule has 6 nitrogen and oxygen atoms in total. The summed E-state index contributed by atoms with van der Waals surface area (Å²) in [6.07, 6.45) is 6.59. The molecule has 0 bridgehead atoms. The maximum atomic E-state index is 14.0. The summed E-state index contributed by atoms with van der Waals surface area (Å²) in [5.41, 5.74) is 0.743. The Morgan fingerprint density at radius 2 is 1.88 bits per heavy atom. The Morgan fingerprint density at radius 3 is 2.59 bits per heavy atom. The van der Waals surface area contributed by atoms with Crippen LogP contribution in [0.2, 0.25) is 0 Å². The molecule has 3 heterocycles. The third-order valence-corrected chi connectivity index (χ3v) is 7.09. The molecule has 0 spiro atoms. The fourth-order valence-electron chi connectivity index (χ4n) is 5.11. The highest BCUT2D eigenvalue weighted by atomic mass is 19.1. The van der Waals surface area contributed by atoms with Gasteiger partial charge < -0.3 is 14.5 Å². The van der Waals surface area contributed by atoms with Gasteiger partial charge in [-0.1, -0.05) is 18.2 Å². The first-order chi connectivity index (χ1) is 15.6. The molecular weight excluding hydrogens is 409 g/mol. The van der Waals surface area contributed by atoms with Crippen molar-refractivity contribution in [1.82, 2.24) is 14.7 Å². The second kappa shape index (κ2) is 11.2. The van der Waals surface area contributed by atoms with E-state index in [2.05, 4.69) is 4.90 Å². The molecule has 1 aromatic rings. The molecule has 3 aliphatic rings. The van der Waals surface area contributed by atoms with Crippen LogP contribution in [0.25, 0.3) is 0 Å². The van der Waals surface area contributed by atoms with E-state index in [0.717, 1.165) is 63.8 Å². The molecule has 3 fully saturated rings. The fourth-order valence-corrected chi connectivity index (χ4v) is 5.11. The van der Waals surface area contributed by atoms with Gasteiger partial charge in [0.2, 0.25) is 11.8 Å². The zero-order chi connectivity index (χ0) is 22.3. The van der Waals surface area contributed by atoms with E-state index in [4.69, 9.17) is 4.74 Å². The van der Waals surface area contributed by atoms with E-state index in [1.165, 1.54) is 6.07 Å². The van der Waals surface area contributed by atoms with Crippen LogP contribution in [-0.4, -0.2) is 78.5 Å². The number of halogens is 1. The lowest BCUT2D eigenvalue weighted by Gasteiger charge is -2.36. The number of hydrogen-bond acceptors (Lipinski definition) is 4. The van der Waals surface area contributed by atoms with Gasteiger partial charge >= 0.3 is 0 Å². The summed E-state index contributed by atoms with van der Waals surface area (Å²) in [6.45, 7) is 5.44. The highest BCUT2D eigenvalue weighted by Gasteiger charge is 2.29. The van der Waals surface area contributed by atoms with Crippen LogP contribution in [0.15, 0.2) is 24.3 Å². The number of nitrogens with zero attached hydrogens (tertiary/aromatic N) is 3. The van der Waals surface area contributed by atoms with Crippen molar-refractivity contribution in [2.75, 3.05) is 45.9 Å². The fraction of sp³-hybridized carbons (Fsp3) is 0.680. The molecule has 3 saturated heterocycles. The Hall–Kier alpha value is -1.99. The Kier molecular flexibility index (Phi) is 8.14. The van der Waals surface area contributed by atoms with Crippen LogP contribution in [0.3, 0.4) is 0 Å². The molecule has 3 aliphatic heterocycles. The van der Waals surface area contributed by atoms with Crippen molar-refractivity contribution in [3.63, 3.8) is 0 Å². The van der Waals surface area contributed by atoms with Gasteiger partial charge in [0.1, 0.15) is 5.82 Å². The lowest BCUT2D eigenvalue weighted by Crippen LogP contribution is -2.49. The number of benzene rings is 1. The van der Waals surface area contributed by atoms with E-state index in [0.29, 0.717) is 38.5 Å². The van der Waals surface area contributed by atoms with Crippen LogP contribution in [-0.2, 0) is 20.9 Å². The third kappa shape index (κ3) is 6.29. The third-order valence-electron chi connectivity index (χ3n) is 7.09. The summed E-state index contributed by atoms with van der Waals surface area (Å²) in [4.78, 5) is 31.4. The van der Waals surface area contributed by atoms with E-state index in [1.807, 2.05) is 17.0 Å². The maximum Gasteiger partial charge on any atom is 0.242 e. The zero-order valence-electron chi connectivity index (χ0n) is 19.0. The van der Waals surface area contributed by atoms with E-state index >= 15 is 0 Å². The van der Waals surface area contributed by atoms with Gasteiger partial charge in [0.25, 0.3) is 0 Å². The average Bonchev–Trinajstić information content (AvgIpc) is 3.31. The van der Waals surface area contributed by atoms with E-state index in [1.54, 1.807) is 11.0 Å². The molecule has 176 valence electrons. The number of ether oxygens (including phenoxy) is 1. The Bertz CT molecular complexity index is 775. The quantitative estimate of drug-likeness (QED) is 0.617. The first-order valence-electron chi connectivity index (χ1n) is 12.2. The van der Waals surface area contributed by atoms with Crippen LogP contribution in [0.4, 0.5) is 4.39 Å². The number of amides is 2. The molecule has 0 unspecified atom stereocenters. The number of carbonyl (C=O) groups excluding carboxylic acids is 2. The minimum absolute atomic E-state index is 0.0459. The number of carbonyl (C=O) groups is 2. The normalized spacial score (nSPS) is 23.0. The van der Waals surface area contributed by atoms with Crippen LogP contribution in [0.5, 0.6) is 0 Å². The van der Waals surface area contributed by atoms with E-state index in [9.17, 15) is 14.0 Å². The molecule has 0 aromatic heterocycles. The summed E-state index contributed by atoms with van der Waals surface area (Å²) in [5.74, 6) is 0.428. The van der Waals surface area contributed by atoms with Crippen LogP contribution in [0, 0.1) is 11.7 Å². The second-order valence-corrected chi connectivity index (χ2v) is 9.52. The van der Waals surface area contributed by atoms with Gasteiger partial charge in [0.05, 0.1) is 12.6 Å². The second-order valence-electron chi connectivity index (χ2n) is 9.52. The largest absolute Gasteiger partial charge is 0.376 e. The molecule has 1 atom stereocenters. The summed E-state index contributed by atoms with van der Waals surface area (Å²) in [5, 5.41) is 0. The topological polar surface area (TPSA) is 53.1 Å². The van der Waals surface area contributed by atoms with Crippen molar-refractivity contribution in [1.29, 1.82) is 0 Å². The van der Waals surface area contributed by atoms with Crippen molar-refractivity contribution in [2.24, 2.45) is 5.92 Å². The van der Waals surface area contributed by atoms with Crippen LogP contribution in [0.1, 0.15) is 50.5 Å². The summed E-state index contributed by atoms with van der Waals surface area (Å²) >= 11 is 0. The van der Waals surface area contributed by atoms with E-state index in [-0.39, 0.29) is 30.3 Å². The first kappa shape index (κ1) is 23.2. The van der Waals surface area contributed by atoms with Gasteiger partial charge in [-0.2, -0.15) is 0 Å². The highest BCUT2D eigenvalue weighted by molar-refractivity contribution is 5.85. The molecule has 32 heavy (non-hydrogen) atoms. The van der Waals surface area contributed by atoms with Crippen LogP contribution >= 0.6 is 0 Å². The molecule has 0 aliphatic carbocycles. The lowest BCUT2D eigenvalue weighted by molar-refractivity contribution is -0.143. The van der Waals surface area contributed by atoms with Gasteiger partial charge in [-0.3, -0.25) is 14.5 Å². The molecule has 0 radical (unpaired) electrons. The standard InChI is InChI=1S/C25H36FN3O3/c26-23-8-2-1-6-21(23)17-27-13-10-20(11-14-27)16-29(18-22-7-5-15-32-22)25(31)19-28-12-4-3-9-24(28)30/h1-2,6,8,20,22H,3-5,7,9-19H2/t22-/m1/s1. The Labute approximate surface area is 190 Å². The first-order valence-corrected chi connectivity index (χ1v) is 12.2. The molecule has 2 amide bonds. The van der Waals surface area contributed by atoms with Gasteiger partial charge in [0, 0.05) is 44.8 Å². The molecule has 1 aromatic carbocycles. The smallest absolute Gasteiger partial charge is 0.242 e. The minimum atomic E-state index is -0.143. The molecule has 0 N–H and O–H groups in total.